The smallest absolute Gasteiger partial charge is 0.245 e. The molecule has 0 bridgehead atoms. The molecule has 1 aromatic carbocycles. The number of halogens is 1. The number of pyridine rings is 1. The molecule has 2 heterocycles. The molecule has 6 heteroatoms. The zero-order valence-electron chi connectivity index (χ0n) is 13.3. The van der Waals surface area contributed by atoms with Crippen molar-refractivity contribution in [3.8, 4) is 0 Å². The third kappa shape index (κ3) is 3.59. The van der Waals surface area contributed by atoms with Gasteiger partial charge in [-0.1, -0.05) is 12.1 Å². The molecule has 1 aromatic heterocycles. The van der Waals surface area contributed by atoms with E-state index in [1.165, 1.54) is 25.3 Å². The van der Waals surface area contributed by atoms with Crippen LogP contribution in [0.5, 0.6) is 0 Å². The van der Waals surface area contributed by atoms with Gasteiger partial charge in [-0.2, -0.15) is 0 Å². The van der Waals surface area contributed by atoms with Crippen LogP contribution in [0.4, 0.5) is 10.2 Å². The molecule has 3 rings (SSSR count). The van der Waals surface area contributed by atoms with Crippen molar-refractivity contribution in [2.75, 3.05) is 11.9 Å². The third-order valence-corrected chi connectivity index (χ3v) is 4.08. The Balaban J connectivity index is 1.61. The van der Waals surface area contributed by atoms with Crippen molar-refractivity contribution in [1.29, 1.82) is 0 Å². The number of benzene rings is 1. The summed E-state index contributed by atoms with van der Waals surface area (Å²) in [6.45, 7) is 2.59. The van der Waals surface area contributed by atoms with Gasteiger partial charge in [0.1, 0.15) is 17.7 Å². The molecule has 1 unspecified atom stereocenters. The topological polar surface area (TPSA) is 62.3 Å². The van der Waals surface area contributed by atoms with Crippen LogP contribution in [0.25, 0.3) is 0 Å². The van der Waals surface area contributed by atoms with E-state index in [1.54, 1.807) is 29.2 Å². The summed E-state index contributed by atoms with van der Waals surface area (Å²) >= 11 is 0. The van der Waals surface area contributed by atoms with E-state index in [9.17, 15) is 14.0 Å². The van der Waals surface area contributed by atoms with Gasteiger partial charge in [0.25, 0.3) is 0 Å². The first-order valence-corrected chi connectivity index (χ1v) is 7.79. The summed E-state index contributed by atoms with van der Waals surface area (Å²) in [6, 6.07) is 9.22. The van der Waals surface area contributed by atoms with Crippen LogP contribution < -0.4 is 5.32 Å². The number of nitrogens with one attached hydrogen (secondary N) is 1. The van der Waals surface area contributed by atoms with Crippen LogP contribution in [0, 0.1) is 5.82 Å². The molecule has 1 aliphatic rings. The predicted octanol–water partition coefficient (Wildman–Crippen LogP) is 2.64. The Morgan fingerprint density at radius 3 is 2.67 bits per heavy atom. The van der Waals surface area contributed by atoms with Crippen molar-refractivity contribution in [3.05, 3.63) is 59.5 Å². The number of Topliss-reactive ketones (excluding diaryl/α,β-unsaturated/α-hetero) is 1. The third-order valence-electron chi connectivity index (χ3n) is 4.08. The van der Waals surface area contributed by atoms with Gasteiger partial charge in [0.2, 0.25) is 5.91 Å². The first-order valence-electron chi connectivity index (χ1n) is 7.79. The van der Waals surface area contributed by atoms with Crippen LogP contribution in [0.1, 0.15) is 29.3 Å². The number of carbonyl (C=O) groups is 2. The molecule has 1 atom stereocenters. The van der Waals surface area contributed by atoms with Gasteiger partial charge in [-0.3, -0.25) is 9.59 Å². The van der Waals surface area contributed by atoms with Gasteiger partial charge in [0, 0.05) is 24.8 Å². The van der Waals surface area contributed by atoms with Crippen molar-refractivity contribution in [2.24, 2.45) is 0 Å². The van der Waals surface area contributed by atoms with Crippen molar-refractivity contribution >= 4 is 17.5 Å². The lowest BCUT2D eigenvalue weighted by molar-refractivity contribution is -0.128. The van der Waals surface area contributed by atoms with Gasteiger partial charge in [0.15, 0.2) is 5.78 Å². The number of anilines is 1. The number of rotatable bonds is 5. The van der Waals surface area contributed by atoms with Crippen molar-refractivity contribution in [3.63, 3.8) is 0 Å². The zero-order chi connectivity index (χ0) is 17.1. The molecule has 2 aromatic rings. The molecular formula is C18H18FN3O2. The SMILES string of the molecule is CC(=O)c1ccc(NC2CCN(Cc3ccc(F)cc3)C2=O)nc1. The molecular weight excluding hydrogens is 309 g/mol. The Labute approximate surface area is 139 Å². The van der Waals surface area contributed by atoms with Crippen LogP contribution >= 0.6 is 0 Å². The highest BCUT2D eigenvalue weighted by molar-refractivity contribution is 5.94. The quantitative estimate of drug-likeness (QED) is 0.858. The summed E-state index contributed by atoms with van der Waals surface area (Å²) in [4.78, 5) is 29.6. The molecule has 124 valence electrons. The minimum atomic E-state index is -0.332. The molecule has 0 radical (unpaired) electrons. The number of hydrogen-bond donors (Lipinski definition) is 1. The monoisotopic (exact) mass is 327 g/mol. The average Bonchev–Trinajstić information content (AvgIpc) is 2.91. The molecule has 1 saturated heterocycles. The van der Waals surface area contributed by atoms with Crippen LogP contribution in [-0.2, 0) is 11.3 Å². The number of hydrogen-bond acceptors (Lipinski definition) is 4. The lowest BCUT2D eigenvalue weighted by Crippen LogP contribution is -2.33. The van der Waals surface area contributed by atoms with E-state index >= 15 is 0 Å². The normalized spacial score (nSPS) is 17.2. The Hall–Kier alpha value is -2.76. The van der Waals surface area contributed by atoms with E-state index in [1.807, 2.05) is 0 Å². The lowest BCUT2D eigenvalue weighted by atomic mass is 10.2. The minimum Gasteiger partial charge on any atom is -0.358 e. The standard InChI is InChI=1S/C18H18FN3O2/c1-12(23)14-4-7-17(20-10-14)21-16-8-9-22(18(16)24)11-13-2-5-15(19)6-3-13/h2-7,10,16H,8-9,11H2,1H3,(H,20,21). The van der Waals surface area contributed by atoms with E-state index in [-0.39, 0.29) is 23.5 Å². The fraction of sp³-hybridized carbons (Fsp3) is 0.278. The lowest BCUT2D eigenvalue weighted by Gasteiger charge is -2.17. The van der Waals surface area contributed by atoms with Gasteiger partial charge in [0.05, 0.1) is 0 Å². The second kappa shape index (κ2) is 6.78. The van der Waals surface area contributed by atoms with E-state index < -0.39 is 0 Å². The average molecular weight is 327 g/mol. The second-order valence-electron chi connectivity index (χ2n) is 5.86. The van der Waals surface area contributed by atoms with Crippen LogP contribution in [0.15, 0.2) is 42.6 Å². The summed E-state index contributed by atoms with van der Waals surface area (Å²) in [5, 5.41) is 3.11. The Morgan fingerprint density at radius 1 is 1.29 bits per heavy atom. The number of nitrogens with zero attached hydrogens (tertiary/aromatic N) is 2. The van der Waals surface area contributed by atoms with Crippen LogP contribution in [-0.4, -0.2) is 34.2 Å². The summed E-state index contributed by atoms with van der Waals surface area (Å²) in [7, 11) is 0. The highest BCUT2D eigenvalue weighted by Crippen LogP contribution is 2.19. The summed E-state index contributed by atoms with van der Waals surface area (Å²) in [5.41, 5.74) is 1.44. The van der Waals surface area contributed by atoms with Crippen molar-refractivity contribution in [2.45, 2.75) is 25.9 Å². The Morgan fingerprint density at radius 2 is 2.04 bits per heavy atom. The molecule has 5 nitrogen and oxygen atoms in total. The molecule has 24 heavy (non-hydrogen) atoms. The maximum Gasteiger partial charge on any atom is 0.245 e. The summed E-state index contributed by atoms with van der Waals surface area (Å²) in [6.07, 6.45) is 2.18. The maximum atomic E-state index is 12.9. The van der Waals surface area contributed by atoms with E-state index in [0.717, 1.165) is 5.56 Å². The van der Waals surface area contributed by atoms with Crippen molar-refractivity contribution < 1.29 is 14.0 Å². The molecule has 0 saturated carbocycles. The maximum absolute atomic E-state index is 12.9. The fourth-order valence-electron chi connectivity index (χ4n) is 2.71. The van der Waals surface area contributed by atoms with Crippen LogP contribution in [0.2, 0.25) is 0 Å². The fourth-order valence-corrected chi connectivity index (χ4v) is 2.71. The summed E-state index contributed by atoms with van der Waals surface area (Å²) < 4.78 is 12.9. The van der Waals surface area contributed by atoms with Crippen molar-refractivity contribution in [1.82, 2.24) is 9.88 Å². The number of amides is 1. The molecule has 1 aliphatic heterocycles. The first kappa shape index (κ1) is 16.1. The molecule has 1 amide bonds. The second-order valence-corrected chi connectivity index (χ2v) is 5.86. The predicted molar refractivity (Wildman–Crippen MR) is 88.1 cm³/mol. The van der Waals surface area contributed by atoms with E-state index in [2.05, 4.69) is 10.3 Å². The van der Waals surface area contributed by atoms with Gasteiger partial charge < -0.3 is 10.2 Å². The highest BCUT2D eigenvalue weighted by Gasteiger charge is 2.31. The highest BCUT2D eigenvalue weighted by atomic mass is 19.1. The Bertz CT molecular complexity index is 744. The number of ketones is 1. The van der Waals surface area contributed by atoms with Crippen LogP contribution in [0.3, 0.4) is 0 Å². The molecule has 1 fully saturated rings. The molecule has 0 aliphatic carbocycles. The molecule has 1 N–H and O–H groups in total. The number of likely N-dealkylation sites (tertiary alicyclic amines) is 1. The largest absolute Gasteiger partial charge is 0.358 e. The number of aromatic nitrogens is 1. The van der Waals surface area contributed by atoms with E-state index in [4.69, 9.17) is 0 Å². The Kier molecular flexibility index (Phi) is 4.55. The van der Waals surface area contributed by atoms with Gasteiger partial charge >= 0.3 is 0 Å². The first-order chi connectivity index (χ1) is 11.5. The van der Waals surface area contributed by atoms with E-state index in [0.29, 0.717) is 30.9 Å². The zero-order valence-corrected chi connectivity index (χ0v) is 13.3. The van der Waals surface area contributed by atoms with Gasteiger partial charge in [-0.15, -0.1) is 0 Å². The number of carbonyl (C=O) groups excluding carboxylic acids is 2. The van der Waals surface area contributed by atoms with Gasteiger partial charge in [-0.25, -0.2) is 9.37 Å². The molecule has 0 spiro atoms. The summed E-state index contributed by atoms with van der Waals surface area (Å²) in [5.74, 6) is 0.237. The van der Waals surface area contributed by atoms with Gasteiger partial charge in [-0.05, 0) is 43.2 Å². The minimum absolute atomic E-state index is 0.00299.